The van der Waals surface area contributed by atoms with E-state index in [-0.39, 0.29) is 0 Å². The van der Waals surface area contributed by atoms with Gasteiger partial charge in [-0.1, -0.05) is 187 Å². The molecule has 4 heteroatoms. The fraction of sp³-hybridized carbons (Fsp3) is 0.0323. The van der Waals surface area contributed by atoms with Gasteiger partial charge in [0.2, 0.25) is 0 Å². The van der Waals surface area contributed by atoms with Gasteiger partial charge in [0.1, 0.15) is 0 Å². The normalized spacial score (nSPS) is 14.8. The number of fused-ring (bicyclic) bond motifs is 21. The van der Waals surface area contributed by atoms with Gasteiger partial charge in [0.25, 0.3) is 0 Å². The third kappa shape index (κ3) is 4.68. The van der Waals surface area contributed by atoms with E-state index in [4.69, 9.17) is 0 Å². The number of rotatable bonds is 3. The lowest BCUT2D eigenvalue weighted by atomic mass is 9.67. The van der Waals surface area contributed by atoms with Crippen LogP contribution in [-0.2, 0) is 10.8 Å². The largest absolute Gasteiger partial charge is 0.309 e. The Morgan fingerprint density at radius 3 is 1.42 bits per heavy atom. The smallest absolute Gasteiger partial charge is 0.0736 e. The average Bonchev–Trinajstić information content (AvgIpc) is 4.00. The molecular weight excluding hydrogens is 855 g/mol. The van der Waals surface area contributed by atoms with Crippen molar-refractivity contribution in [3.63, 3.8) is 0 Å². The van der Waals surface area contributed by atoms with E-state index in [1.807, 2.05) is 34.9 Å². The molecule has 0 radical (unpaired) electrons. The van der Waals surface area contributed by atoms with Crippen molar-refractivity contribution in [3.8, 4) is 22.3 Å². The molecule has 4 aliphatic rings. The summed E-state index contributed by atoms with van der Waals surface area (Å²) >= 11 is 5.67. The molecule has 2 aliphatic heterocycles. The van der Waals surface area contributed by atoms with Gasteiger partial charge in [-0.15, -0.1) is 11.3 Å². The Hall–Kier alpha value is -7.08. The van der Waals surface area contributed by atoms with E-state index in [1.54, 1.807) is 0 Å². The molecule has 308 valence electrons. The Labute approximate surface area is 396 Å². The Bertz CT molecular complexity index is 3790. The molecule has 1 aromatic heterocycles. The molecule has 15 rings (SSSR count). The van der Waals surface area contributed by atoms with Crippen molar-refractivity contribution >= 4 is 72.1 Å². The van der Waals surface area contributed by atoms with E-state index >= 15 is 0 Å². The molecule has 2 aliphatic carbocycles. The molecule has 0 saturated heterocycles. The van der Waals surface area contributed by atoms with Gasteiger partial charge in [-0.05, 0) is 122 Å². The second-order valence-electron chi connectivity index (χ2n) is 17.8. The zero-order chi connectivity index (χ0) is 43.1. The molecule has 2 spiro atoms. The van der Waals surface area contributed by atoms with Crippen molar-refractivity contribution in [2.45, 2.75) is 30.4 Å². The highest BCUT2D eigenvalue weighted by atomic mass is 32.2. The molecule has 0 saturated carbocycles. The first kappa shape index (κ1) is 37.2. The SMILES string of the molecule is c1ccc2c(c1)Sc1ccccc1C21c2ccccc2-c2cc(N(c3cccc4c3-c3ccccc3C43c4ccccc4Sc4ccccc43)c3cccc4sc5ccccc5c34)ccc21. The molecule has 11 aromatic rings. The van der Waals surface area contributed by atoms with Gasteiger partial charge in [0.15, 0.2) is 0 Å². The molecule has 0 amide bonds. The minimum absolute atomic E-state index is 0.448. The van der Waals surface area contributed by atoms with Gasteiger partial charge < -0.3 is 4.90 Å². The van der Waals surface area contributed by atoms with Crippen molar-refractivity contribution < 1.29 is 0 Å². The maximum Gasteiger partial charge on any atom is 0.0736 e. The molecular formula is C62H37NS3. The summed E-state index contributed by atoms with van der Waals surface area (Å²) in [5.41, 5.74) is 18.5. The first-order valence-electron chi connectivity index (χ1n) is 22.7. The van der Waals surface area contributed by atoms with Crippen molar-refractivity contribution in [3.05, 3.63) is 269 Å². The molecule has 1 nitrogen and oxygen atoms in total. The summed E-state index contributed by atoms with van der Waals surface area (Å²) in [4.78, 5) is 7.87. The Morgan fingerprint density at radius 2 is 0.773 bits per heavy atom. The highest BCUT2D eigenvalue weighted by Gasteiger charge is 2.52. The topological polar surface area (TPSA) is 3.24 Å². The number of thiophene rings is 1. The number of hydrogen-bond donors (Lipinski definition) is 0. The van der Waals surface area contributed by atoms with Crippen LogP contribution in [0.1, 0.15) is 44.5 Å². The van der Waals surface area contributed by atoms with Crippen LogP contribution in [0.2, 0.25) is 0 Å². The van der Waals surface area contributed by atoms with Crippen LogP contribution in [0.25, 0.3) is 42.4 Å². The van der Waals surface area contributed by atoms with Gasteiger partial charge in [0.05, 0.1) is 22.2 Å². The maximum absolute atomic E-state index is 2.61. The average molecular weight is 892 g/mol. The summed E-state index contributed by atoms with van der Waals surface area (Å²) in [6.45, 7) is 0. The molecule has 66 heavy (non-hydrogen) atoms. The monoisotopic (exact) mass is 891 g/mol. The zero-order valence-corrected chi connectivity index (χ0v) is 38.0. The second kappa shape index (κ2) is 13.7. The zero-order valence-electron chi connectivity index (χ0n) is 35.5. The number of anilines is 3. The third-order valence-electron chi connectivity index (χ3n) is 14.8. The first-order chi connectivity index (χ1) is 32.7. The van der Waals surface area contributed by atoms with Crippen molar-refractivity contribution in [2.75, 3.05) is 4.90 Å². The number of benzene rings is 10. The molecule has 3 heterocycles. The van der Waals surface area contributed by atoms with Crippen LogP contribution in [0.4, 0.5) is 17.1 Å². The number of nitrogens with zero attached hydrogens (tertiary/aromatic N) is 1. The summed E-state index contributed by atoms with van der Waals surface area (Å²) < 4.78 is 2.58. The fourth-order valence-corrected chi connectivity index (χ4v) is 15.9. The highest BCUT2D eigenvalue weighted by molar-refractivity contribution is 7.99. The second-order valence-corrected chi connectivity index (χ2v) is 21.0. The minimum Gasteiger partial charge on any atom is -0.309 e. The summed E-state index contributed by atoms with van der Waals surface area (Å²) in [5.74, 6) is 0. The van der Waals surface area contributed by atoms with Crippen LogP contribution in [0.5, 0.6) is 0 Å². The summed E-state index contributed by atoms with van der Waals surface area (Å²) in [5, 5.41) is 2.57. The first-order valence-corrected chi connectivity index (χ1v) is 25.1. The highest BCUT2D eigenvalue weighted by Crippen LogP contribution is 2.66. The van der Waals surface area contributed by atoms with E-state index < -0.39 is 10.8 Å². The van der Waals surface area contributed by atoms with Crippen LogP contribution in [0.15, 0.2) is 244 Å². The van der Waals surface area contributed by atoms with E-state index in [0.717, 1.165) is 5.69 Å². The lowest BCUT2D eigenvalue weighted by Crippen LogP contribution is -2.32. The molecule has 0 atom stereocenters. The van der Waals surface area contributed by atoms with E-state index in [0.29, 0.717) is 0 Å². The Balaban J connectivity index is 1.05. The lowest BCUT2D eigenvalue weighted by molar-refractivity contribution is 0.722. The Morgan fingerprint density at radius 1 is 0.318 bits per heavy atom. The van der Waals surface area contributed by atoms with Crippen molar-refractivity contribution in [1.82, 2.24) is 0 Å². The molecule has 10 aromatic carbocycles. The van der Waals surface area contributed by atoms with Gasteiger partial charge in [-0.3, -0.25) is 0 Å². The predicted molar refractivity (Wildman–Crippen MR) is 277 cm³/mol. The minimum atomic E-state index is -0.490. The van der Waals surface area contributed by atoms with Gasteiger partial charge in [-0.2, -0.15) is 0 Å². The summed E-state index contributed by atoms with van der Waals surface area (Å²) in [6.07, 6.45) is 0. The molecule has 0 N–H and O–H groups in total. The molecule has 0 fully saturated rings. The van der Waals surface area contributed by atoms with Gasteiger partial charge in [0, 0.05) is 51.0 Å². The predicted octanol–water partition coefficient (Wildman–Crippen LogP) is 17.2. The fourth-order valence-electron chi connectivity index (χ4n) is 12.4. The van der Waals surface area contributed by atoms with Crippen LogP contribution in [0, 0.1) is 0 Å². The molecule has 0 bridgehead atoms. The number of hydrogen-bond acceptors (Lipinski definition) is 4. The summed E-state index contributed by atoms with van der Waals surface area (Å²) in [7, 11) is 0. The summed E-state index contributed by atoms with van der Waals surface area (Å²) in [6, 6.07) is 85.2. The van der Waals surface area contributed by atoms with E-state index in [9.17, 15) is 0 Å². The van der Waals surface area contributed by atoms with E-state index in [2.05, 4.69) is 229 Å². The lowest BCUT2D eigenvalue weighted by Gasteiger charge is -2.40. The standard InChI is InChI=1S/C62H37NS3/c1-4-20-43-39(17-1)42-37-38(35-36-45(42)61(43)46-22-6-11-30-54(46)65-55-31-12-7-23-47(55)61)63(52-28-16-34-58-60(52)41-19-3-10-29-53(41)64-58)51-27-15-26-50-59(51)40-18-2-5-21-44(40)62(50)48-24-8-13-32-56(48)66-57-33-14-9-25-49(57)62/h1-37H. The van der Waals surface area contributed by atoms with Gasteiger partial charge in [-0.25, -0.2) is 0 Å². The van der Waals surface area contributed by atoms with Gasteiger partial charge >= 0.3 is 0 Å². The van der Waals surface area contributed by atoms with E-state index in [1.165, 1.54) is 118 Å². The van der Waals surface area contributed by atoms with Crippen LogP contribution in [-0.4, -0.2) is 0 Å². The van der Waals surface area contributed by atoms with Crippen LogP contribution < -0.4 is 4.90 Å². The Kier molecular flexibility index (Phi) is 7.73. The maximum atomic E-state index is 2.61. The van der Waals surface area contributed by atoms with Crippen molar-refractivity contribution in [2.24, 2.45) is 0 Å². The van der Waals surface area contributed by atoms with Crippen molar-refractivity contribution in [1.29, 1.82) is 0 Å². The molecule has 0 unspecified atom stereocenters. The van der Waals surface area contributed by atoms with Crippen LogP contribution >= 0.6 is 34.9 Å². The van der Waals surface area contributed by atoms with Crippen LogP contribution in [0.3, 0.4) is 0 Å². The third-order valence-corrected chi connectivity index (χ3v) is 18.2. The quantitative estimate of drug-likeness (QED) is 0.174.